The average Bonchev–Trinajstić information content (AvgIpc) is 2.42. The summed E-state index contributed by atoms with van der Waals surface area (Å²) in [5.41, 5.74) is 0. The number of phosphoric ester groups is 1. The minimum absolute atomic E-state index is 0. The Morgan fingerprint density at radius 3 is 1.32 bits per heavy atom. The molecule has 0 aliphatic heterocycles. The first-order valence-corrected chi connectivity index (χ1v) is 10.3. The topological polar surface area (TPSA) is 66.8 Å². The number of hydrogen-bond donors (Lipinski definition) is 2. The van der Waals surface area contributed by atoms with Crippen LogP contribution < -0.4 is 0 Å². The van der Waals surface area contributed by atoms with Crippen molar-refractivity contribution in [3.63, 3.8) is 0 Å². The van der Waals surface area contributed by atoms with Crippen LogP contribution in [-0.2, 0) is 9.09 Å². The summed E-state index contributed by atoms with van der Waals surface area (Å²) in [6.07, 6.45) is 17.8. The van der Waals surface area contributed by atoms with Crippen molar-refractivity contribution >= 4 is 56.7 Å². The normalized spacial score (nSPS) is 11.4. The van der Waals surface area contributed by atoms with E-state index >= 15 is 0 Å². The first-order chi connectivity index (χ1) is 10.1. The van der Waals surface area contributed by atoms with Crippen molar-refractivity contribution in [2.24, 2.45) is 0 Å². The van der Waals surface area contributed by atoms with E-state index in [2.05, 4.69) is 11.4 Å². The van der Waals surface area contributed by atoms with Crippen molar-refractivity contribution in [1.82, 2.24) is 0 Å². The zero-order valence-corrected chi connectivity index (χ0v) is 14.7. The van der Waals surface area contributed by atoms with E-state index in [1.165, 1.54) is 70.6 Å². The van der Waals surface area contributed by atoms with Gasteiger partial charge in [0.2, 0.25) is 0 Å². The Morgan fingerprint density at radius 1 is 0.682 bits per heavy atom. The third-order valence-corrected chi connectivity index (χ3v) is 4.28. The molecule has 0 unspecified atom stereocenters. The van der Waals surface area contributed by atoms with Crippen LogP contribution in [0, 0.1) is 0 Å². The van der Waals surface area contributed by atoms with Crippen molar-refractivity contribution in [3.8, 4) is 0 Å². The molecular weight excluding hydrogens is 424 g/mol. The molecule has 0 aromatic heterocycles. The summed E-state index contributed by atoms with van der Waals surface area (Å²) < 4.78 is 14.8. The number of unbranched alkanes of at least 4 members (excludes halogenated alkanes) is 13. The van der Waals surface area contributed by atoms with E-state index < -0.39 is 7.82 Å². The molecule has 0 heterocycles. The van der Waals surface area contributed by atoms with Gasteiger partial charge in [-0.25, -0.2) is 4.57 Å². The van der Waals surface area contributed by atoms with Gasteiger partial charge in [0.25, 0.3) is 0 Å². The van der Waals surface area contributed by atoms with Crippen molar-refractivity contribution in [3.05, 3.63) is 0 Å². The SMILES string of the molecule is CCCCCCCCCCCCCCCCOP(=O)(O)O.[BaH2]. The third-order valence-electron chi connectivity index (χ3n) is 3.76. The van der Waals surface area contributed by atoms with Gasteiger partial charge in [-0.3, -0.25) is 4.52 Å². The van der Waals surface area contributed by atoms with E-state index in [-0.39, 0.29) is 55.5 Å². The molecule has 0 aliphatic rings. The molecule has 22 heavy (non-hydrogen) atoms. The monoisotopic (exact) mass is 462 g/mol. The Kier molecular flexibility index (Phi) is 22.4. The second kappa shape index (κ2) is 19.0. The number of rotatable bonds is 16. The van der Waals surface area contributed by atoms with Crippen LogP contribution in [-0.4, -0.2) is 65.3 Å². The summed E-state index contributed by atoms with van der Waals surface area (Å²) in [5, 5.41) is 0. The van der Waals surface area contributed by atoms with Crippen molar-refractivity contribution in [1.29, 1.82) is 0 Å². The Morgan fingerprint density at radius 2 is 1.00 bits per heavy atom. The van der Waals surface area contributed by atoms with Gasteiger partial charge < -0.3 is 9.79 Å². The molecule has 0 saturated heterocycles. The van der Waals surface area contributed by atoms with E-state index in [1.54, 1.807) is 0 Å². The van der Waals surface area contributed by atoms with Gasteiger partial charge in [-0.2, -0.15) is 0 Å². The van der Waals surface area contributed by atoms with Gasteiger partial charge >= 0.3 is 56.7 Å². The maximum absolute atomic E-state index is 10.4. The minimum atomic E-state index is -4.25. The molecule has 0 aliphatic carbocycles. The van der Waals surface area contributed by atoms with Gasteiger partial charge in [0.1, 0.15) is 0 Å². The fourth-order valence-corrected chi connectivity index (χ4v) is 2.85. The average molecular weight is 462 g/mol. The van der Waals surface area contributed by atoms with Crippen molar-refractivity contribution in [2.45, 2.75) is 96.8 Å². The third kappa shape index (κ3) is 23.9. The van der Waals surface area contributed by atoms with Crippen LogP contribution in [0.1, 0.15) is 96.8 Å². The van der Waals surface area contributed by atoms with Crippen molar-refractivity contribution in [2.75, 3.05) is 6.61 Å². The summed E-state index contributed by atoms with van der Waals surface area (Å²) in [4.78, 5) is 17.0. The fourth-order valence-electron chi connectivity index (χ4n) is 2.48. The summed E-state index contributed by atoms with van der Waals surface area (Å²) >= 11 is 0. The van der Waals surface area contributed by atoms with Crippen LogP contribution in [0.15, 0.2) is 0 Å². The molecule has 0 radical (unpaired) electrons. The molecule has 0 rings (SSSR count). The van der Waals surface area contributed by atoms with Crippen LogP contribution >= 0.6 is 7.82 Å². The van der Waals surface area contributed by atoms with Crippen LogP contribution in [0.3, 0.4) is 0 Å². The molecule has 0 bridgehead atoms. The van der Waals surface area contributed by atoms with Gasteiger partial charge in [-0.1, -0.05) is 90.4 Å². The number of hydrogen-bond acceptors (Lipinski definition) is 2. The molecule has 0 aromatic rings. The predicted octanol–water partition coefficient (Wildman–Crippen LogP) is 4.66. The van der Waals surface area contributed by atoms with Gasteiger partial charge in [0, 0.05) is 0 Å². The Hall–Kier alpha value is 1.68. The molecule has 0 spiro atoms. The van der Waals surface area contributed by atoms with Gasteiger partial charge in [-0.05, 0) is 6.42 Å². The Balaban J connectivity index is 0. The van der Waals surface area contributed by atoms with E-state index in [9.17, 15) is 4.57 Å². The zero-order valence-electron chi connectivity index (χ0n) is 13.8. The first-order valence-electron chi connectivity index (χ1n) is 8.76. The summed E-state index contributed by atoms with van der Waals surface area (Å²) in [6.45, 7) is 2.42. The van der Waals surface area contributed by atoms with E-state index in [0.29, 0.717) is 0 Å². The molecule has 132 valence electrons. The van der Waals surface area contributed by atoms with E-state index in [4.69, 9.17) is 9.79 Å². The second-order valence-corrected chi connectivity index (χ2v) is 7.16. The molecule has 0 fully saturated rings. The molecule has 2 N–H and O–H groups in total. The molecule has 0 saturated carbocycles. The second-order valence-electron chi connectivity index (χ2n) is 5.92. The molecule has 6 heteroatoms. The van der Waals surface area contributed by atoms with Gasteiger partial charge in [0.05, 0.1) is 6.61 Å². The molecule has 0 aromatic carbocycles. The van der Waals surface area contributed by atoms with Crippen LogP contribution in [0.2, 0.25) is 0 Å². The Bertz CT molecular complexity index is 259. The van der Waals surface area contributed by atoms with Gasteiger partial charge in [-0.15, -0.1) is 0 Å². The van der Waals surface area contributed by atoms with Crippen LogP contribution in [0.4, 0.5) is 0 Å². The van der Waals surface area contributed by atoms with Crippen LogP contribution in [0.5, 0.6) is 0 Å². The molecule has 0 atom stereocenters. The Labute approximate surface area is 177 Å². The quantitative estimate of drug-likeness (QED) is 0.199. The number of phosphoric acid groups is 1. The summed E-state index contributed by atoms with van der Waals surface area (Å²) in [5.74, 6) is 0. The van der Waals surface area contributed by atoms with E-state index in [1.807, 2.05) is 0 Å². The standard InChI is InChI=1S/C16H35O4P.Ba.2H/c1-2-3-4-5-6-7-8-9-10-11-12-13-14-15-16-20-21(17,18)19;;;/h2-16H2,1H3,(H2,17,18,19);;;. The summed E-state index contributed by atoms with van der Waals surface area (Å²) in [7, 11) is -4.25. The molecule has 4 nitrogen and oxygen atoms in total. The predicted molar refractivity (Wildman–Crippen MR) is 96.9 cm³/mol. The van der Waals surface area contributed by atoms with Crippen molar-refractivity contribution < 1.29 is 18.9 Å². The maximum atomic E-state index is 10.4. The zero-order chi connectivity index (χ0) is 15.8. The first kappa shape index (κ1) is 25.9. The fraction of sp³-hybridized carbons (Fsp3) is 1.00. The molecule has 0 amide bonds. The van der Waals surface area contributed by atoms with Crippen LogP contribution in [0.25, 0.3) is 0 Å². The summed E-state index contributed by atoms with van der Waals surface area (Å²) in [6, 6.07) is 0. The molecular formula is C16H37BaO4P. The van der Waals surface area contributed by atoms with E-state index in [0.717, 1.165) is 19.3 Å². The van der Waals surface area contributed by atoms with Gasteiger partial charge in [0.15, 0.2) is 0 Å².